The number of fused-ring (bicyclic) bond motifs is 4. The van der Waals surface area contributed by atoms with E-state index < -0.39 is 204 Å². The summed E-state index contributed by atoms with van der Waals surface area (Å²) in [5.74, 6) is -13.8. The molecule has 0 aliphatic carbocycles. The zero-order valence-electron chi connectivity index (χ0n) is 77.8. The number of nitrogens with two attached hydrogens (primary N) is 5. The molecule has 3 aromatic heterocycles. The molecule has 43 heteroatoms. The van der Waals surface area contributed by atoms with Crippen LogP contribution in [0.5, 0.6) is 5.75 Å². The van der Waals surface area contributed by atoms with Gasteiger partial charge in [-0.1, -0.05) is 88.1 Å². The highest BCUT2D eigenvalue weighted by Crippen LogP contribution is 2.28. The first-order valence-corrected chi connectivity index (χ1v) is 47.4. The van der Waals surface area contributed by atoms with Crippen molar-refractivity contribution >= 4 is 128 Å². The first-order chi connectivity index (χ1) is 64.8. The smallest absolute Gasteiger partial charge is 0.245 e. The number of rotatable bonds is 29. The summed E-state index contributed by atoms with van der Waals surface area (Å²) < 4.78 is 5.37. The number of methoxy groups -OCH3 is 1. The number of hydrogen-bond acceptors (Lipinski definition) is 24. The number of likely N-dealkylation sites (N-methyl/N-ethyl adjacent to an activating group) is 3. The molecule has 3 aromatic carbocycles. The van der Waals surface area contributed by atoms with Gasteiger partial charge in [-0.25, -0.2) is 4.98 Å². The summed E-state index contributed by atoms with van der Waals surface area (Å²) in [5, 5.41) is 40.4. The maximum atomic E-state index is 15.8. The van der Waals surface area contributed by atoms with E-state index in [0.717, 1.165) is 21.6 Å². The summed E-state index contributed by atoms with van der Waals surface area (Å²) in [6.45, 7) is 3.86. The summed E-state index contributed by atoms with van der Waals surface area (Å²) in [5.41, 5.74) is 33.2. The van der Waals surface area contributed by atoms with E-state index in [2.05, 4.69) is 73.1 Å². The van der Waals surface area contributed by atoms with Gasteiger partial charge in [0.1, 0.15) is 90.3 Å². The second kappa shape index (κ2) is 52.3. The number of aromatic amines is 3. The number of ether oxygens (including phenoxy) is 1. The normalized spacial score (nSPS) is 24.8. The Hall–Kier alpha value is -12.6. The lowest BCUT2D eigenvalue weighted by Gasteiger charge is -2.36. The van der Waals surface area contributed by atoms with Gasteiger partial charge >= 0.3 is 0 Å². The van der Waals surface area contributed by atoms with E-state index in [0.29, 0.717) is 82.0 Å². The lowest BCUT2D eigenvalue weighted by molar-refractivity contribution is -0.149. The molecule has 42 nitrogen and oxygen atoms in total. The monoisotopic (exact) mass is 1900 g/mol. The van der Waals surface area contributed by atoms with Crippen molar-refractivity contribution in [2.45, 2.75) is 240 Å². The van der Waals surface area contributed by atoms with Gasteiger partial charge in [-0.15, -0.1) is 11.8 Å². The SMILES string of the molecule is CCCC[C@H]1C(=O)N(C)[C@@H](CCCC)C(=O)N[C@@H](CCCN)C(=O)N[C@H](C(=O)NCC(N)=O)CSCC(=O)N[C@@H](Cc2ccc(OC)cc2)C(=O)N(C)[C@@H](C)C(=O)N[C@H](CCN)C(=O)N2CCC[C@H]2C(=O)N[C@@H](Cc2cnc[nH]2)C(=O)N[C@@H](CCCCN)C(=O)N2C[C@H](O)C[C@H]2C(=O)N[C@@H](Cc2c[nH]c3ccccc23)C(=O)N[C@@H](CCN)C(=O)N[C@@H](Cc2c[nH]c3ccccc23)C(=O)N1C. The van der Waals surface area contributed by atoms with Crippen LogP contribution in [-0.2, 0) is 102 Å². The minimum absolute atomic E-state index is 0.00353. The molecule has 0 bridgehead atoms. The molecule has 16 amide bonds. The topological polar surface area (TPSA) is 629 Å². The quantitative estimate of drug-likeness (QED) is 0.0221. The van der Waals surface area contributed by atoms with Crippen LogP contribution in [0.1, 0.15) is 146 Å². The number of H-pyrrole nitrogens is 3. The van der Waals surface area contributed by atoms with Crippen LogP contribution in [0.4, 0.5) is 0 Å². The van der Waals surface area contributed by atoms with Crippen molar-refractivity contribution in [2.75, 3.05) is 85.6 Å². The van der Waals surface area contributed by atoms with Crippen LogP contribution < -0.4 is 86.6 Å². The van der Waals surface area contributed by atoms with Gasteiger partial charge in [0.15, 0.2) is 0 Å². The van der Waals surface area contributed by atoms with Crippen LogP contribution in [0.2, 0.25) is 0 Å². The number of aromatic nitrogens is 4. The number of para-hydroxylation sites is 2. The number of carbonyl (C=O) groups is 16. The van der Waals surface area contributed by atoms with E-state index >= 15 is 38.4 Å². The highest BCUT2D eigenvalue weighted by atomic mass is 32.2. The molecule has 0 saturated carbocycles. The molecule has 0 unspecified atom stereocenters. The molecule has 135 heavy (non-hydrogen) atoms. The number of imidazole rings is 1. The third-order valence-corrected chi connectivity index (χ3v) is 25.9. The average Bonchev–Trinajstić information content (AvgIpc) is 1.46. The van der Waals surface area contributed by atoms with Crippen LogP contribution in [0.3, 0.4) is 0 Å². The molecular weight excluding hydrogens is 1760 g/mol. The summed E-state index contributed by atoms with van der Waals surface area (Å²) in [7, 11) is 5.56. The Kier molecular flexibility index (Phi) is 41.1. The van der Waals surface area contributed by atoms with Crippen molar-refractivity contribution in [1.82, 2.24) is 97.6 Å². The summed E-state index contributed by atoms with van der Waals surface area (Å²) in [6.07, 6.45) is 5.98. The minimum atomic E-state index is -1.57. The molecule has 0 spiro atoms. The molecule has 15 atom stereocenters. The fourth-order valence-electron chi connectivity index (χ4n) is 17.0. The molecule has 3 saturated heterocycles. The maximum Gasteiger partial charge on any atom is 0.245 e. The molecule has 736 valence electrons. The Morgan fingerprint density at radius 1 is 0.504 bits per heavy atom. The zero-order chi connectivity index (χ0) is 98.1. The Bertz CT molecular complexity index is 5060. The number of thioether (sulfide) groups is 1. The van der Waals surface area contributed by atoms with Gasteiger partial charge in [0.25, 0.3) is 0 Å². The number of amides is 16. The maximum absolute atomic E-state index is 15.8. The number of aliphatic hydroxyl groups is 1. The van der Waals surface area contributed by atoms with Crippen molar-refractivity contribution in [3.63, 3.8) is 0 Å². The van der Waals surface area contributed by atoms with Crippen LogP contribution >= 0.6 is 11.8 Å². The van der Waals surface area contributed by atoms with Gasteiger partial charge < -0.3 is 131 Å². The second-order valence-electron chi connectivity index (χ2n) is 34.6. The van der Waals surface area contributed by atoms with Gasteiger partial charge in [0, 0.05) is 118 Å². The Labute approximate surface area is 788 Å². The van der Waals surface area contributed by atoms with Gasteiger partial charge in [-0.2, -0.15) is 0 Å². The fraction of sp³-hybridized carbons (Fsp3) is 0.554. The van der Waals surface area contributed by atoms with E-state index in [4.69, 9.17) is 33.4 Å². The summed E-state index contributed by atoms with van der Waals surface area (Å²) in [6, 6.07) is 0.826. The van der Waals surface area contributed by atoms with Crippen LogP contribution in [0.15, 0.2) is 97.7 Å². The highest BCUT2D eigenvalue weighted by molar-refractivity contribution is 8.00. The number of nitrogens with zero attached hydrogens (tertiary/aromatic N) is 6. The van der Waals surface area contributed by atoms with Gasteiger partial charge in [0.2, 0.25) is 94.5 Å². The number of unbranched alkanes of at least 4 members (excludes halogenated alkanes) is 3. The fourth-order valence-corrected chi connectivity index (χ4v) is 17.9. The molecule has 0 radical (unpaired) electrons. The number of carbonyl (C=O) groups excluding carboxylic acids is 16. The molecule has 6 heterocycles. The predicted molar refractivity (Wildman–Crippen MR) is 504 cm³/mol. The van der Waals surface area contributed by atoms with E-state index in [1.54, 1.807) is 73.1 Å². The number of hydrogen-bond donors (Lipinski definition) is 19. The average molecular weight is 1900 g/mol. The van der Waals surface area contributed by atoms with Crippen molar-refractivity contribution in [3.8, 4) is 5.75 Å². The van der Waals surface area contributed by atoms with Crippen LogP contribution in [-0.4, -0.2) is 320 Å². The number of benzene rings is 3. The lowest BCUT2D eigenvalue weighted by atomic mass is 9.99. The van der Waals surface area contributed by atoms with E-state index in [-0.39, 0.29) is 135 Å². The molecule has 24 N–H and O–H groups in total. The zero-order valence-corrected chi connectivity index (χ0v) is 78.6. The molecule has 6 aromatic rings. The third kappa shape index (κ3) is 29.5. The Balaban J connectivity index is 1.10. The van der Waals surface area contributed by atoms with Gasteiger partial charge in [-0.05, 0) is 145 Å². The number of primary amides is 1. The molecule has 3 fully saturated rings. The van der Waals surface area contributed by atoms with Crippen molar-refractivity contribution in [3.05, 3.63) is 120 Å². The second-order valence-corrected chi connectivity index (χ2v) is 35.6. The standard InChI is InChI=1S/C92H134N24O18S/c1-8-10-26-73-85(126)105-64(25-18-36-94)81(122)111-72(80(121)101-48-77(97)118)50-135-51-78(119)103-70(40-54-29-31-59(134-7)32-30-54)88(129)112(4)53(3)79(120)106-67(34-38-96)90(131)115-39-19-28-74(115)86(127)109-69(43-57-47-98-52-102-57)84(125)107-66(24-16-17-35-93)91(132)116-49-58(117)44-76(116)87(128)108-68(41-55-45-99-62-22-14-12-20-60(55)62)83(124)104-65(33-37-95)82(123)110-71(42-56-46-100-63-23-15-13-21-61(56)63)89(130)114(6)75(27-11-9-2)92(133)113(73)5/h12-15,20-23,29-32,45-47,52-53,58,64-76,99-100,117H,8-11,16-19,24-28,33-44,48-51,93-96H2,1-7H3,(H2,97,118)(H,98,102)(H,101,121)(H,103,119)(H,104,124)(H,105,126)(H,106,120)(H,107,125)(H,108,128)(H,109,127)(H,110,123)(H,111,122)/t53-,58+,64-,65-,66-,67+,68-,69-,70-,71-,72-,73-,74-,75-,76-/m0/s1. The Morgan fingerprint density at radius 3 is 1.62 bits per heavy atom. The minimum Gasteiger partial charge on any atom is -0.497 e. The van der Waals surface area contributed by atoms with E-state index in [1.807, 2.05) is 26.0 Å². The first-order valence-electron chi connectivity index (χ1n) is 46.2. The van der Waals surface area contributed by atoms with Crippen LogP contribution in [0.25, 0.3) is 21.8 Å². The Morgan fingerprint density at radius 2 is 1.01 bits per heavy atom. The van der Waals surface area contributed by atoms with E-state index in [1.165, 1.54) is 62.4 Å². The van der Waals surface area contributed by atoms with Crippen molar-refractivity contribution in [2.24, 2.45) is 28.7 Å². The third-order valence-electron chi connectivity index (χ3n) is 24.8. The summed E-state index contributed by atoms with van der Waals surface area (Å²) >= 11 is 0.832. The molecule has 3 aliphatic heterocycles. The summed E-state index contributed by atoms with van der Waals surface area (Å²) in [4.78, 5) is 258. The van der Waals surface area contributed by atoms with Crippen molar-refractivity contribution in [1.29, 1.82) is 0 Å². The number of aliphatic hydroxyl groups excluding tert-OH is 1. The number of nitrogens with one attached hydrogen (secondary N) is 13. The molecule has 3 aliphatic rings. The first kappa shape index (κ1) is 106. The van der Waals surface area contributed by atoms with Crippen LogP contribution in [0, 0.1) is 0 Å². The van der Waals surface area contributed by atoms with Crippen molar-refractivity contribution < 1.29 is 86.6 Å². The lowest BCUT2D eigenvalue weighted by Crippen LogP contribution is -2.61. The van der Waals surface area contributed by atoms with Gasteiger partial charge in [-0.3, -0.25) is 76.7 Å². The van der Waals surface area contributed by atoms with E-state index in [9.17, 15) is 43.5 Å². The highest BCUT2D eigenvalue weighted by Gasteiger charge is 2.47. The molecule has 9 rings (SSSR count). The van der Waals surface area contributed by atoms with Gasteiger partial charge in [0.05, 0.1) is 31.8 Å². The molecular formula is C92H134N24O18S. The predicted octanol–water partition coefficient (Wildman–Crippen LogP) is -2.24. The largest absolute Gasteiger partial charge is 0.497 e.